The van der Waals surface area contributed by atoms with Crippen molar-refractivity contribution in [3.05, 3.63) is 23.8 Å². The van der Waals surface area contributed by atoms with Crippen molar-refractivity contribution in [2.24, 2.45) is 0 Å². The van der Waals surface area contributed by atoms with E-state index in [0.29, 0.717) is 11.7 Å². The van der Waals surface area contributed by atoms with Gasteiger partial charge in [-0.25, -0.2) is 13.1 Å². The van der Waals surface area contributed by atoms with Gasteiger partial charge < -0.3 is 5.73 Å². The highest BCUT2D eigenvalue weighted by Gasteiger charge is 2.35. The normalized spacial score (nSPS) is 24.1. The molecule has 0 spiro atoms. The Hall–Kier alpha value is -1.11. The molecule has 3 N–H and O–H groups in total. The summed E-state index contributed by atoms with van der Waals surface area (Å²) in [5.41, 5.74) is 7.07. The lowest BCUT2D eigenvalue weighted by Crippen LogP contribution is -2.37. The molecule has 1 aliphatic heterocycles. The van der Waals surface area contributed by atoms with Gasteiger partial charge in [-0.05, 0) is 49.9 Å². The van der Waals surface area contributed by atoms with Crippen molar-refractivity contribution in [2.45, 2.75) is 43.2 Å². The Balaban J connectivity index is 1.72. The number of nitrogens with zero attached hydrogens (tertiary/aromatic N) is 1. The Labute approximate surface area is 120 Å². The fourth-order valence-electron chi connectivity index (χ4n) is 2.87. The van der Waals surface area contributed by atoms with E-state index in [1.807, 2.05) is 6.92 Å². The lowest BCUT2D eigenvalue weighted by atomic mass is 10.2. The second-order valence-corrected chi connectivity index (χ2v) is 7.63. The fraction of sp³-hybridized carbons (Fsp3) is 0.571. The van der Waals surface area contributed by atoms with Crippen LogP contribution >= 0.6 is 0 Å². The Bertz CT molecular complexity index is 591. The highest BCUT2D eigenvalue weighted by Crippen LogP contribution is 2.30. The summed E-state index contributed by atoms with van der Waals surface area (Å²) in [6, 6.07) is 5.65. The number of likely N-dealkylation sites (tertiary alicyclic amines) is 1. The number of nitrogens with one attached hydrogen (secondary N) is 1. The van der Waals surface area contributed by atoms with Gasteiger partial charge in [0, 0.05) is 30.9 Å². The minimum Gasteiger partial charge on any atom is -0.399 e. The number of nitrogen functional groups attached to an aromatic ring is 1. The largest absolute Gasteiger partial charge is 0.399 e. The van der Waals surface area contributed by atoms with Crippen molar-refractivity contribution in [1.82, 2.24) is 9.62 Å². The summed E-state index contributed by atoms with van der Waals surface area (Å²) in [6.45, 7) is 3.67. The zero-order chi connectivity index (χ0) is 14.3. The summed E-state index contributed by atoms with van der Waals surface area (Å²) in [5.74, 6) is 0. The first-order chi connectivity index (χ1) is 9.44. The smallest absolute Gasteiger partial charge is 0.240 e. The number of aryl methyl sites for hydroxylation is 1. The molecule has 0 amide bonds. The summed E-state index contributed by atoms with van der Waals surface area (Å²) in [7, 11) is -3.47. The topological polar surface area (TPSA) is 75.4 Å². The van der Waals surface area contributed by atoms with Gasteiger partial charge in [0.05, 0.1) is 4.90 Å². The van der Waals surface area contributed by atoms with Crippen LogP contribution in [0.2, 0.25) is 0 Å². The van der Waals surface area contributed by atoms with E-state index in [4.69, 9.17) is 5.73 Å². The minimum absolute atomic E-state index is 0.0161. The fourth-order valence-corrected chi connectivity index (χ4v) is 4.27. The number of benzene rings is 1. The second kappa shape index (κ2) is 5.02. The molecule has 0 aromatic heterocycles. The molecule has 1 heterocycles. The van der Waals surface area contributed by atoms with E-state index in [2.05, 4.69) is 9.62 Å². The van der Waals surface area contributed by atoms with Crippen LogP contribution in [0.15, 0.2) is 23.1 Å². The van der Waals surface area contributed by atoms with Crippen LogP contribution in [0.4, 0.5) is 5.69 Å². The molecule has 0 radical (unpaired) electrons. The maximum Gasteiger partial charge on any atom is 0.240 e. The zero-order valence-electron chi connectivity index (χ0n) is 11.7. The molecule has 1 saturated heterocycles. The molecule has 1 atom stereocenters. The summed E-state index contributed by atoms with van der Waals surface area (Å²) >= 11 is 0. The van der Waals surface area contributed by atoms with Crippen molar-refractivity contribution in [1.29, 1.82) is 0 Å². The van der Waals surface area contributed by atoms with Crippen LogP contribution in [-0.4, -0.2) is 38.5 Å². The molecule has 20 heavy (non-hydrogen) atoms. The molecule has 1 aliphatic carbocycles. The molecule has 0 bridgehead atoms. The van der Waals surface area contributed by atoms with E-state index in [0.717, 1.165) is 25.1 Å². The quantitative estimate of drug-likeness (QED) is 0.815. The van der Waals surface area contributed by atoms with Crippen molar-refractivity contribution >= 4 is 15.7 Å². The van der Waals surface area contributed by atoms with Crippen molar-refractivity contribution in [2.75, 3.05) is 18.8 Å². The molecule has 1 aromatic carbocycles. The van der Waals surface area contributed by atoms with Crippen LogP contribution in [0, 0.1) is 6.92 Å². The Morgan fingerprint density at radius 2 is 2.00 bits per heavy atom. The highest BCUT2D eigenvalue weighted by atomic mass is 32.2. The first-order valence-electron chi connectivity index (χ1n) is 7.07. The molecule has 5 nitrogen and oxygen atoms in total. The number of anilines is 1. The van der Waals surface area contributed by atoms with Crippen molar-refractivity contribution < 1.29 is 8.42 Å². The maximum absolute atomic E-state index is 12.4. The third-order valence-corrected chi connectivity index (χ3v) is 5.49. The molecule has 2 aliphatic rings. The minimum atomic E-state index is -3.47. The molecule has 3 rings (SSSR count). The summed E-state index contributed by atoms with van der Waals surface area (Å²) in [5, 5.41) is 0. The van der Waals surface area contributed by atoms with Crippen LogP contribution in [0.1, 0.15) is 24.8 Å². The van der Waals surface area contributed by atoms with Gasteiger partial charge in [-0.3, -0.25) is 4.90 Å². The van der Waals surface area contributed by atoms with Gasteiger partial charge in [-0.2, -0.15) is 0 Å². The lowest BCUT2D eigenvalue weighted by molar-refractivity contribution is 0.322. The summed E-state index contributed by atoms with van der Waals surface area (Å²) in [4.78, 5) is 2.65. The third kappa shape index (κ3) is 2.97. The maximum atomic E-state index is 12.4. The number of nitrogens with two attached hydrogens (primary N) is 1. The average Bonchev–Trinajstić information content (AvgIpc) is 3.09. The lowest BCUT2D eigenvalue weighted by Gasteiger charge is -2.16. The predicted octanol–water partition coefficient (Wildman–Crippen LogP) is 1.09. The monoisotopic (exact) mass is 295 g/mol. The van der Waals surface area contributed by atoms with Crippen molar-refractivity contribution in [3.8, 4) is 0 Å². The molecule has 1 aromatic rings. The SMILES string of the molecule is Cc1cc(N)cc(S(=O)(=O)NC2CCN(C3CC3)C2)c1. The molecule has 6 heteroatoms. The number of rotatable bonds is 4. The molecule has 110 valence electrons. The van der Waals surface area contributed by atoms with Crippen LogP contribution in [0.3, 0.4) is 0 Å². The Morgan fingerprint density at radius 3 is 2.65 bits per heavy atom. The standard InChI is InChI=1S/C14H21N3O2S/c1-10-6-11(15)8-14(7-10)20(18,19)16-12-4-5-17(9-12)13-2-3-13/h6-8,12-13,16H,2-5,9,15H2,1H3. The molecular formula is C14H21N3O2S. The highest BCUT2D eigenvalue weighted by molar-refractivity contribution is 7.89. The van der Waals surface area contributed by atoms with Crippen molar-refractivity contribution in [3.63, 3.8) is 0 Å². The Kier molecular flexibility index (Phi) is 3.48. The van der Waals surface area contributed by atoms with Crippen LogP contribution in [0.25, 0.3) is 0 Å². The molecule has 2 fully saturated rings. The van der Waals surface area contributed by atoms with Gasteiger partial charge in [0.1, 0.15) is 0 Å². The summed E-state index contributed by atoms with van der Waals surface area (Å²) in [6.07, 6.45) is 3.40. The number of hydrogen-bond acceptors (Lipinski definition) is 4. The van der Waals surface area contributed by atoms with E-state index in [1.54, 1.807) is 12.1 Å². The van der Waals surface area contributed by atoms with Crippen LogP contribution < -0.4 is 10.5 Å². The first-order valence-corrected chi connectivity index (χ1v) is 8.56. The van der Waals surface area contributed by atoms with Gasteiger partial charge in [-0.15, -0.1) is 0 Å². The second-order valence-electron chi connectivity index (χ2n) is 5.91. The third-order valence-electron chi connectivity index (χ3n) is 3.99. The number of hydrogen-bond donors (Lipinski definition) is 2. The van der Waals surface area contributed by atoms with E-state index >= 15 is 0 Å². The Morgan fingerprint density at radius 1 is 1.25 bits per heavy atom. The molecular weight excluding hydrogens is 274 g/mol. The van der Waals surface area contributed by atoms with Gasteiger partial charge >= 0.3 is 0 Å². The molecule has 1 saturated carbocycles. The van der Waals surface area contributed by atoms with Gasteiger partial charge in [0.25, 0.3) is 0 Å². The van der Waals surface area contributed by atoms with Crippen LogP contribution in [0.5, 0.6) is 0 Å². The first kappa shape index (κ1) is 13.9. The average molecular weight is 295 g/mol. The number of sulfonamides is 1. The van der Waals surface area contributed by atoms with Gasteiger partial charge in [0.2, 0.25) is 10.0 Å². The van der Waals surface area contributed by atoms with E-state index < -0.39 is 10.0 Å². The van der Waals surface area contributed by atoms with Gasteiger partial charge in [0.15, 0.2) is 0 Å². The van der Waals surface area contributed by atoms with E-state index in [1.165, 1.54) is 18.9 Å². The van der Waals surface area contributed by atoms with Crippen LogP contribution in [-0.2, 0) is 10.0 Å². The van der Waals surface area contributed by atoms with Gasteiger partial charge in [-0.1, -0.05) is 0 Å². The van der Waals surface area contributed by atoms with E-state index in [9.17, 15) is 8.42 Å². The van der Waals surface area contributed by atoms with E-state index in [-0.39, 0.29) is 10.9 Å². The zero-order valence-corrected chi connectivity index (χ0v) is 12.5. The summed E-state index contributed by atoms with van der Waals surface area (Å²) < 4.78 is 27.6. The predicted molar refractivity (Wildman–Crippen MR) is 78.9 cm³/mol. The molecule has 1 unspecified atom stereocenters.